The Kier molecular flexibility index (Phi) is 4.73. The molecule has 0 unspecified atom stereocenters. The largest absolute Gasteiger partial charge is 0.281 e. The van der Waals surface area contributed by atoms with Gasteiger partial charge in [-0.3, -0.25) is 0 Å². The second-order valence-corrected chi connectivity index (χ2v) is 9.13. The Bertz CT molecular complexity index is 374. The van der Waals surface area contributed by atoms with E-state index in [1.807, 2.05) is 0 Å². The molecule has 0 bridgehead atoms. The van der Waals surface area contributed by atoms with Gasteiger partial charge in [0.2, 0.25) is 0 Å². The number of hydrogen-bond acceptors (Lipinski definition) is 2. The molecule has 0 atom stereocenters. The van der Waals surface area contributed by atoms with Crippen molar-refractivity contribution in [1.29, 1.82) is 0 Å². The van der Waals surface area contributed by atoms with E-state index in [-0.39, 0.29) is 0 Å². The average Bonchev–Trinajstić information content (AvgIpc) is 2.27. The zero-order valence-electron chi connectivity index (χ0n) is 11.2. The summed E-state index contributed by atoms with van der Waals surface area (Å²) in [6.45, 7) is 4.22. The fraction of sp³-hybridized carbons (Fsp3) is 1.00. The molecule has 2 rings (SSSR count). The van der Waals surface area contributed by atoms with Crippen LogP contribution in [-0.4, -0.2) is 48.5 Å². The molecule has 1 saturated carbocycles. The van der Waals surface area contributed by atoms with Crippen LogP contribution < -0.4 is 0 Å². The summed E-state index contributed by atoms with van der Waals surface area (Å²) in [5, 5.41) is 0. The molecule has 1 aliphatic heterocycles. The van der Waals surface area contributed by atoms with Crippen LogP contribution in [0.25, 0.3) is 0 Å². The third-order valence-electron chi connectivity index (χ3n) is 4.16. The maximum atomic E-state index is 12.4. The lowest BCUT2D eigenvalue weighted by atomic mass is 9.85. The zero-order valence-corrected chi connectivity index (χ0v) is 13.6. The van der Waals surface area contributed by atoms with Gasteiger partial charge in [-0.2, -0.15) is 17.0 Å². The third kappa shape index (κ3) is 3.26. The molecule has 0 amide bonds. The van der Waals surface area contributed by atoms with Crippen LogP contribution in [0.2, 0.25) is 0 Å². The lowest BCUT2D eigenvalue weighted by Crippen LogP contribution is -2.48. The number of nitrogens with zero attached hydrogens (tertiary/aromatic N) is 2. The molecule has 1 saturated heterocycles. The van der Waals surface area contributed by atoms with Crippen molar-refractivity contribution in [1.82, 2.24) is 8.61 Å². The Morgan fingerprint density at radius 1 is 1.28 bits per heavy atom. The molecule has 4 nitrogen and oxygen atoms in total. The van der Waals surface area contributed by atoms with E-state index in [2.05, 4.69) is 22.9 Å². The highest BCUT2D eigenvalue weighted by atomic mass is 79.9. The van der Waals surface area contributed by atoms with Gasteiger partial charge in [0, 0.05) is 31.5 Å². The smallest absolute Gasteiger partial charge is 0.195 e. The van der Waals surface area contributed by atoms with Crippen molar-refractivity contribution in [3.05, 3.63) is 0 Å². The van der Waals surface area contributed by atoms with Gasteiger partial charge in [0.05, 0.1) is 0 Å². The molecule has 18 heavy (non-hydrogen) atoms. The molecule has 0 aromatic heterocycles. The van der Waals surface area contributed by atoms with E-state index in [4.69, 9.17) is 0 Å². The maximum Gasteiger partial charge on any atom is 0.281 e. The van der Waals surface area contributed by atoms with Crippen molar-refractivity contribution in [2.45, 2.75) is 37.4 Å². The number of rotatable bonds is 4. The molecule has 106 valence electrons. The number of piperidine rings is 1. The van der Waals surface area contributed by atoms with Gasteiger partial charge in [0.1, 0.15) is 0 Å². The molecular weight excluding hydrogens is 316 g/mol. The summed E-state index contributed by atoms with van der Waals surface area (Å²) < 4.78 is 28.0. The lowest BCUT2D eigenvalue weighted by Gasteiger charge is -2.37. The van der Waals surface area contributed by atoms with Gasteiger partial charge in [-0.1, -0.05) is 22.9 Å². The molecule has 6 heteroatoms. The summed E-state index contributed by atoms with van der Waals surface area (Å²) in [5.74, 6) is 1.18. The molecule has 1 aliphatic carbocycles. The van der Waals surface area contributed by atoms with Crippen LogP contribution >= 0.6 is 15.9 Å². The van der Waals surface area contributed by atoms with E-state index >= 15 is 0 Å². The van der Waals surface area contributed by atoms with Crippen molar-refractivity contribution in [2.75, 3.05) is 26.7 Å². The number of alkyl halides is 1. The predicted octanol–water partition coefficient (Wildman–Crippen LogP) is 2.07. The maximum absolute atomic E-state index is 12.4. The Morgan fingerprint density at radius 3 is 2.33 bits per heavy atom. The van der Waals surface area contributed by atoms with Crippen molar-refractivity contribution < 1.29 is 8.42 Å². The summed E-state index contributed by atoms with van der Waals surface area (Å²) in [7, 11) is -1.51. The Labute approximate surface area is 119 Å². The highest BCUT2D eigenvalue weighted by molar-refractivity contribution is 9.09. The van der Waals surface area contributed by atoms with Crippen LogP contribution in [0.3, 0.4) is 0 Å². The normalized spacial score (nSPS) is 31.6. The van der Waals surface area contributed by atoms with E-state index in [1.54, 1.807) is 15.7 Å². The summed E-state index contributed by atoms with van der Waals surface area (Å²) >= 11 is 3.55. The second kappa shape index (κ2) is 5.77. The highest BCUT2D eigenvalue weighted by Gasteiger charge is 2.34. The first-order chi connectivity index (χ1) is 8.39. The molecule has 0 aromatic rings. The Morgan fingerprint density at radius 2 is 1.83 bits per heavy atom. The quantitative estimate of drug-likeness (QED) is 0.736. The van der Waals surface area contributed by atoms with Crippen molar-refractivity contribution in [2.24, 2.45) is 11.8 Å². The average molecular weight is 339 g/mol. The molecule has 0 N–H and O–H groups in total. The van der Waals surface area contributed by atoms with Crippen molar-refractivity contribution in [3.8, 4) is 0 Å². The number of halogens is 1. The van der Waals surface area contributed by atoms with Gasteiger partial charge in [-0.15, -0.1) is 0 Å². The minimum atomic E-state index is -3.22. The first kappa shape index (κ1) is 14.8. The monoisotopic (exact) mass is 338 g/mol. The fourth-order valence-electron chi connectivity index (χ4n) is 2.67. The molecule has 1 heterocycles. The molecule has 0 radical (unpaired) electrons. The third-order valence-corrected chi connectivity index (χ3v) is 6.86. The van der Waals surface area contributed by atoms with Crippen molar-refractivity contribution in [3.63, 3.8) is 0 Å². The van der Waals surface area contributed by atoms with Gasteiger partial charge in [-0.05, 0) is 37.5 Å². The SMILES string of the molecule is CC1CCN(S(=O)(=O)N(C)CC2CC(Br)C2)CC1. The van der Waals surface area contributed by atoms with Gasteiger partial charge >= 0.3 is 0 Å². The van der Waals surface area contributed by atoms with Crippen LogP contribution in [0.1, 0.15) is 32.6 Å². The molecule has 2 fully saturated rings. The first-order valence-electron chi connectivity index (χ1n) is 6.75. The summed E-state index contributed by atoms with van der Waals surface area (Å²) in [5.41, 5.74) is 0. The minimum absolute atomic E-state index is 0.526. The first-order valence-corrected chi connectivity index (χ1v) is 9.06. The zero-order chi connectivity index (χ0) is 13.3. The van der Waals surface area contributed by atoms with E-state index in [1.165, 1.54) is 0 Å². The molecular formula is C12H23BrN2O2S. The standard InChI is InChI=1S/C12H23BrN2O2S/c1-10-3-5-15(6-4-10)18(16,17)14(2)9-11-7-12(13)8-11/h10-12H,3-9H2,1-2H3. The van der Waals surface area contributed by atoms with Gasteiger partial charge in [0.25, 0.3) is 10.2 Å². The van der Waals surface area contributed by atoms with Crippen LogP contribution in [0.4, 0.5) is 0 Å². The Hall–Kier alpha value is 0.350. The summed E-state index contributed by atoms with van der Waals surface area (Å²) in [4.78, 5) is 0.592. The molecule has 0 spiro atoms. The summed E-state index contributed by atoms with van der Waals surface area (Å²) in [6.07, 6.45) is 4.16. The van der Waals surface area contributed by atoms with Crippen molar-refractivity contribution >= 4 is 26.1 Å². The minimum Gasteiger partial charge on any atom is -0.195 e. The van der Waals surface area contributed by atoms with Gasteiger partial charge in [0.15, 0.2) is 0 Å². The topological polar surface area (TPSA) is 40.6 Å². The van der Waals surface area contributed by atoms with E-state index in [0.717, 1.165) is 25.7 Å². The van der Waals surface area contributed by atoms with Crippen LogP contribution in [0, 0.1) is 11.8 Å². The van der Waals surface area contributed by atoms with E-state index < -0.39 is 10.2 Å². The van der Waals surface area contributed by atoms with Gasteiger partial charge in [-0.25, -0.2) is 0 Å². The Balaban J connectivity index is 1.89. The van der Waals surface area contributed by atoms with E-state index in [0.29, 0.717) is 36.3 Å². The number of hydrogen-bond donors (Lipinski definition) is 0. The molecule has 0 aromatic carbocycles. The van der Waals surface area contributed by atoms with E-state index in [9.17, 15) is 8.42 Å². The second-order valence-electron chi connectivity index (χ2n) is 5.80. The van der Waals surface area contributed by atoms with Gasteiger partial charge < -0.3 is 0 Å². The predicted molar refractivity (Wildman–Crippen MR) is 77.0 cm³/mol. The van der Waals surface area contributed by atoms with Crippen LogP contribution in [-0.2, 0) is 10.2 Å². The highest BCUT2D eigenvalue weighted by Crippen LogP contribution is 2.34. The lowest BCUT2D eigenvalue weighted by molar-refractivity contribution is 0.241. The summed E-state index contributed by atoms with van der Waals surface area (Å²) in [6, 6.07) is 0. The molecule has 2 aliphatic rings. The van der Waals surface area contributed by atoms with Crippen LogP contribution in [0.15, 0.2) is 0 Å². The fourth-order valence-corrected chi connectivity index (χ4v) is 5.20. The van der Waals surface area contributed by atoms with Crippen LogP contribution in [0.5, 0.6) is 0 Å².